The molecule has 1 aliphatic rings. The SMILES string of the molecule is COc1cc([C@H]2CC(=O)Oc3cc(O)c4c(=O)cc(-c5ccc(O)c(O)c5)oc4c32)ccc1O. The molecule has 9 heteroatoms. The standard InChI is InChI=1S/C25H18O9/c1-32-20-7-11(2-5-15(20)27)13-8-22(31)33-21-10-18(30)24-17(29)9-19(34-25(24)23(13)21)12-3-4-14(26)16(28)6-12/h2-7,9-10,13,26-28,30H,8H2,1H3/t13-/m1/s1. The maximum atomic E-state index is 13.0. The van der Waals surface area contributed by atoms with Crippen LogP contribution in [0.2, 0.25) is 0 Å². The predicted octanol–water partition coefficient (Wildman–Crippen LogP) is 3.73. The molecule has 0 radical (unpaired) electrons. The second-order valence-electron chi connectivity index (χ2n) is 7.85. The van der Waals surface area contributed by atoms with Gasteiger partial charge in [-0.1, -0.05) is 6.07 Å². The molecule has 4 aromatic rings. The van der Waals surface area contributed by atoms with E-state index in [2.05, 4.69) is 0 Å². The third-order valence-electron chi connectivity index (χ3n) is 5.79. The fourth-order valence-electron chi connectivity index (χ4n) is 4.17. The number of benzene rings is 3. The first-order chi connectivity index (χ1) is 16.3. The summed E-state index contributed by atoms with van der Waals surface area (Å²) in [5.74, 6) is -2.13. The van der Waals surface area contributed by atoms with Crippen LogP contribution in [0.15, 0.2) is 57.7 Å². The van der Waals surface area contributed by atoms with Crippen LogP contribution in [-0.4, -0.2) is 33.5 Å². The number of methoxy groups -OCH3 is 1. The molecule has 4 N–H and O–H groups in total. The number of phenolic OH excluding ortho intramolecular Hbond substituents is 4. The minimum Gasteiger partial charge on any atom is -0.507 e. The van der Waals surface area contributed by atoms with Crippen LogP contribution < -0.4 is 14.9 Å². The third kappa shape index (κ3) is 3.34. The average molecular weight is 462 g/mol. The molecule has 0 saturated carbocycles. The molecule has 34 heavy (non-hydrogen) atoms. The summed E-state index contributed by atoms with van der Waals surface area (Å²) in [6.45, 7) is 0. The second kappa shape index (κ2) is 7.73. The summed E-state index contributed by atoms with van der Waals surface area (Å²) in [4.78, 5) is 25.4. The minimum absolute atomic E-state index is 0.00890. The number of esters is 1. The molecular weight excluding hydrogens is 444 g/mol. The van der Waals surface area contributed by atoms with E-state index in [1.54, 1.807) is 12.1 Å². The van der Waals surface area contributed by atoms with Crippen molar-refractivity contribution in [2.45, 2.75) is 12.3 Å². The van der Waals surface area contributed by atoms with Crippen molar-refractivity contribution in [1.82, 2.24) is 0 Å². The zero-order valence-electron chi connectivity index (χ0n) is 17.7. The maximum absolute atomic E-state index is 13.0. The summed E-state index contributed by atoms with van der Waals surface area (Å²) in [7, 11) is 1.40. The van der Waals surface area contributed by atoms with Gasteiger partial charge in [-0.3, -0.25) is 9.59 Å². The first-order valence-corrected chi connectivity index (χ1v) is 10.2. The smallest absolute Gasteiger partial charge is 0.312 e. The van der Waals surface area contributed by atoms with Crippen LogP contribution in [0.4, 0.5) is 0 Å². The normalized spacial score (nSPS) is 15.1. The van der Waals surface area contributed by atoms with Crippen molar-refractivity contribution < 1.29 is 39.1 Å². The predicted molar refractivity (Wildman–Crippen MR) is 120 cm³/mol. The van der Waals surface area contributed by atoms with Crippen LogP contribution >= 0.6 is 0 Å². The number of fused-ring (bicyclic) bond motifs is 3. The lowest BCUT2D eigenvalue weighted by molar-refractivity contribution is -0.135. The van der Waals surface area contributed by atoms with Gasteiger partial charge in [-0.25, -0.2) is 0 Å². The van der Waals surface area contributed by atoms with Crippen LogP contribution in [0.3, 0.4) is 0 Å². The fraction of sp³-hybridized carbons (Fsp3) is 0.120. The number of carbonyl (C=O) groups is 1. The topological polar surface area (TPSA) is 147 Å². The van der Waals surface area contributed by atoms with Crippen LogP contribution in [0.25, 0.3) is 22.3 Å². The summed E-state index contributed by atoms with van der Waals surface area (Å²) in [6.07, 6.45) is -0.0886. The third-order valence-corrected chi connectivity index (χ3v) is 5.79. The molecule has 9 nitrogen and oxygen atoms in total. The van der Waals surface area contributed by atoms with Crippen molar-refractivity contribution in [3.63, 3.8) is 0 Å². The Labute approximate surface area is 191 Å². The minimum atomic E-state index is -0.638. The van der Waals surface area contributed by atoms with Gasteiger partial charge in [-0.15, -0.1) is 0 Å². The summed E-state index contributed by atoms with van der Waals surface area (Å²) in [5.41, 5.74) is 0.719. The van der Waals surface area contributed by atoms with E-state index >= 15 is 0 Å². The molecule has 1 atom stereocenters. The van der Waals surface area contributed by atoms with Gasteiger partial charge in [0.1, 0.15) is 28.2 Å². The molecule has 172 valence electrons. The highest BCUT2D eigenvalue weighted by Gasteiger charge is 2.34. The largest absolute Gasteiger partial charge is 0.507 e. The summed E-state index contributed by atoms with van der Waals surface area (Å²) < 4.78 is 16.6. The second-order valence-corrected chi connectivity index (χ2v) is 7.85. The van der Waals surface area contributed by atoms with E-state index in [-0.39, 0.29) is 46.1 Å². The van der Waals surface area contributed by atoms with Crippen molar-refractivity contribution in [1.29, 1.82) is 0 Å². The summed E-state index contributed by atoms with van der Waals surface area (Å²) in [6, 6.07) is 10.9. The number of hydrogen-bond acceptors (Lipinski definition) is 9. The first kappa shape index (κ1) is 21.2. The molecule has 0 amide bonds. The van der Waals surface area contributed by atoms with E-state index in [9.17, 15) is 30.0 Å². The molecule has 0 unspecified atom stereocenters. The molecular formula is C25H18O9. The zero-order valence-corrected chi connectivity index (χ0v) is 17.7. The Balaban J connectivity index is 1.81. The van der Waals surface area contributed by atoms with Gasteiger partial charge in [-0.05, 0) is 35.9 Å². The lowest BCUT2D eigenvalue weighted by atomic mass is 9.85. The van der Waals surface area contributed by atoms with E-state index in [0.29, 0.717) is 16.7 Å². The quantitative estimate of drug-likeness (QED) is 0.203. The molecule has 1 aromatic heterocycles. The van der Waals surface area contributed by atoms with Gasteiger partial charge in [0.2, 0.25) is 0 Å². The number of carbonyl (C=O) groups excluding carboxylic acids is 1. The monoisotopic (exact) mass is 462 g/mol. The van der Waals surface area contributed by atoms with E-state index in [1.165, 1.54) is 37.4 Å². The van der Waals surface area contributed by atoms with Gasteiger partial charge >= 0.3 is 5.97 Å². The Morgan fingerprint density at radius 3 is 2.38 bits per heavy atom. The summed E-state index contributed by atoms with van der Waals surface area (Å²) >= 11 is 0. The van der Waals surface area contributed by atoms with Gasteiger partial charge in [0.25, 0.3) is 0 Å². The maximum Gasteiger partial charge on any atom is 0.312 e. The Morgan fingerprint density at radius 2 is 1.65 bits per heavy atom. The number of aromatic hydroxyl groups is 4. The molecule has 0 saturated heterocycles. The van der Waals surface area contributed by atoms with Crippen molar-refractivity contribution in [2.24, 2.45) is 0 Å². The Kier molecular flexibility index (Phi) is 4.82. The van der Waals surface area contributed by atoms with Crippen molar-refractivity contribution in [3.05, 3.63) is 69.9 Å². The fourth-order valence-corrected chi connectivity index (χ4v) is 4.17. The lowest BCUT2D eigenvalue weighted by Crippen LogP contribution is -2.22. The van der Waals surface area contributed by atoms with Crippen molar-refractivity contribution in [3.8, 4) is 45.8 Å². The van der Waals surface area contributed by atoms with E-state index in [0.717, 1.165) is 6.07 Å². The van der Waals surface area contributed by atoms with Crippen molar-refractivity contribution >= 4 is 16.9 Å². The van der Waals surface area contributed by atoms with E-state index in [4.69, 9.17) is 13.9 Å². The van der Waals surface area contributed by atoms with Crippen LogP contribution in [0, 0.1) is 0 Å². The molecule has 3 aromatic carbocycles. The average Bonchev–Trinajstić information content (AvgIpc) is 2.80. The summed E-state index contributed by atoms with van der Waals surface area (Å²) in [5, 5.41) is 39.9. The molecule has 0 aliphatic carbocycles. The van der Waals surface area contributed by atoms with Gasteiger partial charge in [0.05, 0.1) is 13.5 Å². The highest BCUT2D eigenvalue weighted by atomic mass is 16.5. The van der Waals surface area contributed by atoms with Crippen LogP contribution in [-0.2, 0) is 4.79 Å². The Hall–Kier alpha value is -4.66. The highest BCUT2D eigenvalue weighted by molar-refractivity contribution is 5.93. The molecule has 0 fully saturated rings. The van der Waals surface area contributed by atoms with Crippen molar-refractivity contribution in [2.75, 3.05) is 7.11 Å². The van der Waals surface area contributed by atoms with Gasteiger partial charge in [-0.2, -0.15) is 0 Å². The molecule has 0 bridgehead atoms. The lowest BCUT2D eigenvalue weighted by Gasteiger charge is -2.26. The number of hydrogen-bond donors (Lipinski definition) is 4. The number of phenols is 4. The number of rotatable bonds is 3. The van der Waals surface area contributed by atoms with Gasteiger partial charge in [0.15, 0.2) is 28.4 Å². The Bertz CT molecular complexity index is 1530. The molecule has 0 spiro atoms. The van der Waals surface area contributed by atoms with Gasteiger partial charge < -0.3 is 34.3 Å². The Morgan fingerprint density at radius 1 is 0.882 bits per heavy atom. The van der Waals surface area contributed by atoms with Gasteiger partial charge in [0, 0.05) is 29.2 Å². The van der Waals surface area contributed by atoms with Crippen LogP contribution in [0.5, 0.6) is 34.5 Å². The van der Waals surface area contributed by atoms with Crippen LogP contribution in [0.1, 0.15) is 23.5 Å². The molecule has 5 rings (SSSR count). The zero-order chi connectivity index (χ0) is 24.1. The highest BCUT2D eigenvalue weighted by Crippen LogP contribution is 2.47. The van der Waals surface area contributed by atoms with E-state index in [1.807, 2.05) is 0 Å². The molecule has 2 heterocycles. The number of ether oxygens (including phenoxy) is 2. The van der Waals surface area contributed by atoms with E-state index < -0.39 is 28.8 Å². The first-order valence-electron chi connectivity index (χ1n) is 10.2. The molecule has 1 aliphatic heterocycles.